The molecule has 0 aromatic carbocycles. The van der Waals surface area contributed by atoms with Crippen molar-refractivity contribution >= 4 is 28.2 Å². The molecule has 0 saturated carbocycles. The van der Waals surface area contributed by atoms with Crippen LogP contribution in [0.1, 0.15) is 18.7 Å². The summed E-state index contributed by atoms with van der Waals surface area (Å²) in [6.45, 7) is 4.40. The van der Waals surface area contributed by atoms with Gasteiger partial charge in [-0.3, -0.25) is 4.79 Å². The van der Waals surface area contributed by atoms with Crippen molar-refractivity contribution in [1.29, 1.82) is 0 Å². The zero-order valence-corrected chi connectivity index (χ0v) is 10.6. The van der Waals surface area contributed by atoms with Gasteiger partial charge in [0.05, 0.1) is 0 Å². The molecule has 2 N–H and O–H groups in total. The van der Waals surface area contributed by atoms with Crippen LogP contribution in [-0.2, 0) is 11.2 Å². The largest absolute Gasteiger partial charge is 0.330 e. The Hall–Kier alpha value is -0.640. The number of allylic oxidation sites excluding steroid dienone is 2. The molecule has 0 fully saturated rings. The Balaban J connectivity index is 0.000000265. The van der Waals surface area contributed by atoms with Gasteiger partial charge in [0, 0.05) is 4.88 Å². The molecule has 0 radical (unpaired) electrons. The van der Waals surface area contributed by atoms with Gasteiger partial charge in [0.15, 0.2) is 0 Å². The van der Waals surface area contributed by atoms with Gasteiger partial charge < -0.3 is 5.73 Å². The van der Waals surface area contributed by atoms with E-state index >= 15 is 0 Å². The summed E-state index contributed by atoms with van der Waals surface area (Å²) in [6, 6.07) is 4.16. The molecule has 0 bridgehead atoms. The van der Waals surface area contributed by atoms with Crippen molar-refractivity contribution in [2.75, 3.05) is 6.54 Å². The maximum absolute atomic E-state index is 9.94. The van der Waals surface area contributed by atoms with Crippen LogP contribution in [0.3, 0.4) is 0 Å². The van der Waals surface area contributed by atoms with Crippen LogP contribution >= 0.6 is 22.9 Å². The van der Waals surface area contributed by atoms with Gasteiger partial charge in [-0.2, -0.15) is 0 Å². The van der Waals surface area contributed by atoms with Gasteiger partial charge in [-0.05, 0) is 55.9 Å². The van der Waals surface area contributed by atoms with Crippen molar-refractivity contribution in [2.45, 2.75) is 20.3 Å². The van der Waals surface area contributed by atoms with Crippen LogP contribution in [0.2, 0.25) is 0 Å². The highest BCUT2D eigenvalue weighted by molar-refractivity contribution is 7.09. The molecule has 0 unspecified atom stereocenters. The fourth-order valence-electron chi connectivity index (χ4n) is 0.824. The van der Waals surface area contributed by atoms with E-state index in [1.807, 2.05) is 13.8 Å². The summed E-state index contributed by atoms with van der Waals surface area (Å²) < 4.78 is 0. The maximum atomic E-state index is 9.94. The third kappa shape index (κ3) is 9.66. The number of thiophene rings is 1. The van der Waals surface area contributed by atoms with Crippen LogP contribution in [0.5, 0.6) is 0 Å². The van der Waals surface area contributed by atoms with Crippen molar-refractivity contribution in [3.05, 3.63) is 34.0 Å². The van der Waals surface area contributed by atoms with Gasteiger partial charge in [-0.1, -0.05) is 11.6 Å². The van der Waals surface area contributed by atoms with Crippen molar-refractivity contribution < 1.29 is 4.79 Å². The lowest BCUT2D eigenvalue weighted by Crippen LogP contribution is -2.00. The summed E-state index contributed by atoms with van der Waals surface area (Å²) in [5, 5.41) is 1.67. The molecule has 1 aromatic heterocycles. The zero-order valence-electron chi connectivity index (χ0n) is 9.00. The summed E-state index contributed by atoms with van der Waals surface area (Å²) in [6.07, 6.45) is 2.40. The fraction of sp³-hybridized carbons (Fsp3) is 0.364. The number of carbonyl (C=O) groups excluding carboxylic acids is 1. The molecule has 15 heavy (non-hydrogen) atoms. The summed E-state index contributed by atoms with van der Waals surface area (Å²) in [5.74, 6) is 0. The first-order chi connectivity index (χ1) is 7.06. The van der Waals surface area contributed by atoms with Crippen molar-refractivity contribution in [3.63, 3.8) is 0 Å². The monoisotopic (exact) mass is 245 g/mol. The molecule has 0 aliphatic rings. The first-order valence-corrected chi connectivity index (χ1v) is 5.89. The molecule has 1 rings (SSSR count). The van der Waals surface area contributed by atoms with Crippen LogP contribution < -0.4 is 5.73 Å². The average molecular weight is 246 g/mol. The van der Waals surface area contributed by atoms with E-state index in [4.69, 9.17) is 17.3 Å². The van der Waals surface area contributed by atoms with Gasteiger partial charge in [0.1, 0.15) is 0 Å². The average Bonchev–Trinajstić information content (AvgIpc) is 2.55. The predicted octanol–water partition coefficient (Wildman–Crippen LogP) is 2.97. The van der Waals surface area contributed by atoms with Crippen LogP contribution in [0.15, 0.2) is 29.2 Å². The second kappa shape index (κ2) is 8.65. The minimum atomic E-state index is -0.403. The van der Waals surface area contributed by atoms with E-state index in [2.05, 4.69) is 17.5 Å². The number of hydrogen-bond donors (Lipinski definition) is 1. The number of rotatable bonds is 3. The Morgan fingerprint density at radius 1 is 1.60 bits per heavy atom. The van der Waals surface area contributed by atoms with Gasteiger partial charge in [-0.15, -0.1) is 11.3 Å². The summed E-state index contributed by atoms with van der Waals surface area (Å²) in [7, 11) is 0. The molecule has 2 nitrogen and oxygen atoms in total. The third-order valence-corrected chi connectivity index (χ3v) is 2.42. The third-order valence-electron chi connectivity index (χ3n) is 1.37. The molecule has 0 saturated heterocycles. The number of nitrogens with two attached hydrogens (primary N) is 1. The molecule has 0 aliphatic carbocycles. The Bertz CT molecular complexity index is 302. The van der Waals surface area contributed by atoms with E-state index in [-0.39, 0.29) is 0 Å². The van der Waals surface area contributed by atoms with E-state index in [1.165, 1.54) is 11.0 Å². The van der Waals surface area contributed by atoms with E-state index < -0.39 is 5.24 Å². The SMILES string of the molecule is CC(C)=CC(=O)Cl.NCCc1cccs1. The Morgan fingerprint density at radius 2 is 2.27 bits per heavy atom. The summed E-state index contributed by atoms with van der Waals surface area (Å²) in [5.41, 5.74) is 6.26. The molecular weight excluding hydrogens is 230 g/mol. The summed E-state index contributed by atoms with van der Waals surface area (Å²) in [4.78, 5) is 11.3. The van der Waals surface area contributed by atoms with E-state index in [9.17, 15) is 4.79 Å². The highest BCUT2D eigenvalue weighted by Crippen LogP contribution is 2.07. The molecule has 0 spiro atoms. The lowest BCUT2D eigenvalue weighted by atomic mass is 10.3. The van der Waals surface area contributed by atoms with E-state index in [0.29, 0.717) is 0 Å². The van der Waals surface area contributed by atoms with Crippen LogP contribution in [-0.4, -0.2) is 11.8 Å². The molecule has 0 aliphatic heterocycles. The Kier molecular flexibility index (Phi) is 8.28. The van der Waals surface area contributed by atoms with Crippen molar-refractivity contribution in [2.24, 2.45) is 5.73 Å². The van der Waals surface area contributed by atoms with Gasteiger partial charge >= 0.3 is 0 Å². The normalized spacial score (nSPS) is 8.80. The van der Waals surface area contributed by atoms with Gasteiger partial charge in [0.2, 0.25) is 5.24 Å². The minimum Gasteiger partial charge on any atom is -0.330 e. The predicted molar refractivity (Wildman–Crippen MR) is 67.4 cm³/mol. The second-order valence-electron chi connectivity index (χ2n) is 3.14. The van der Waals surface area contributed by atoms with Crippen LogP contribution in [0.25, 0.3) is 0 Å². The molecule has 0 amide bonds. The first kappa shape index (κ1) is 14.4. The van der Waals surface area contributed by atoms with Crippen LogP contribution in [0.4, 0.5) is 0 Å². The highest BCUT2D eigenvalue weighted by Gasteiger charge is 1.87. The quantitative estimate of drug-likeness (QED) is 0.657. The molecule has 1 aromatic rings. The maximum Gasteiger partial charge on any atom is 0.245 e. The topological polar surface area (TPSA) is 43.1 Å². The first-order valence-electron chi connectivity index (χ1n) is 4.63. The van der Waals surface area contributed by atoms with Crippen molar-refractivity contribution in [3.8, 4) is 0 Å². The fourth-order valence-corrected chi connectivity index (χ4v) is 1.77. The smallest absolute Gasteiger partial charge is 0.245 e. The molecule has 1 heterocycles. The molecular formula is C11H16ClNOS. The lowest BCUT2D eigenvalue weighted by molar-refractivity contribution is -0.107. The molecule has 4 heteroatoms. The number of halogens is 1. The number of hydrogen-bond acceptors (Lipinski definition) is 3. The minimum absolute atomic E-state index is 0.403. The van der Waals surface area contributed by atoms with Gasteiger partial charge in [0.25, 0.3) is 0 Å². The highest BCUT2D eigenvalue weighted by atomic mass is 35.5. The zero-order chi connectivity index (χ0) is 11.7. The second-order valence-corrected chi connectivity index (χ2v) is 4.55. The summed E-state index contributed by atoms with van der Waals surface area (Å²) >= 11 is 6.72. The standard InChI is InChI=1S/C6H9NS.C5H7ClO/c7-4-3-6-2-1-5-8-6;1-4(2)3-5(6)7/h1-2,5H,3-4,7H2;3H,1-2H3. The van der Waals surface area contributed by atoms with Crippen molar-refractivity contribution in [1.82, 2.24) is 0 Å². The molecule has 0 atom stereocenters. The van der Waals surface area contributed by atoms with E-state index in [1.54, 1.807) is 11.3 Å². The van der Waals surface area contributed by atoms with Crippen LogP contribution in [0, 0.1) is 0 Å². The molecule has 84 valence electrons. The Labute approximate surface area is 99.7 Å². The lowest BCUT2D eigenvalue weighted by Gasteiger charge is -1.86. The Morgan fingerprint density at radius 3 is 2.53 bits per heavy atom. The number of carbonyl (C=O) groups is 1. The van der Waals surface area contributed by atoms with Gasteiger partial charge in [-0.25, -0.2) is 0 Å². The van der Waals surface area contributed by atoms with E-state index in [0.717, 1.165) is 18.5 Å².